The molecule has 0 bridgehead atoms. The second-order valence-electron chi connectivity index (χ2n) is 2.77. The first-order chi connectivity index (χ1) is 6.69. The Morgan fingerprint density at radius 2 is 2.29 bits per heavy atom. The van der Waals surface area contributed by atoms with Gasteiger partial charge in [-0.05, 0) is 18.6 Å². The van der Waals surface area contributed by atoms with Crippen LogP contribution in [0, 0.1) is 5.82 Å². The van der Waals surface area contributed by atoms with Crippen molar-refractivity contribution in [3.63, 3.8) is 0 Å². The smallest absolute Gasteiger partial charge is 0.166 e. The molecule has 76 valence electrons. The van der Waals surface area contributed by atoms with E-state index in [2.05, 4.69) is 15.9 Å². The van der Waals surface area contributed by atoms with Gasteiger partial charge in [0.2, 0.25) is 0 Å². The molecular formula is C10H10BrFO2. The van der Waals surface area contributed by atoms with Gasteiger partial charge in [0.1, 0.15) is 0 Å². The maximum atomic E-state index is 13.3. The van der Waals surface area contributed by atoms with Crippen LogP contribution in [0.3, 0.4) is 0 Å². The number of halogens is 2. The molecule has 0 amide bonds. The van der Waals surface area contributed by atoms with Crippen molar-refractivity contribution in [3.8, 4) is 5.75 Å². The molecule has 0 aliphatic heterocycles. The molecule has 1 aromatic carbocycles. The van der Waals surface area contributed by atoms with E-state index < -0.39 is 5.82 Å². The monoisotopic (exact) mass is 260 g/mol. The first-order valence-corrected chi connectivity index (χ1v) is 5.05. The first kappa shape index (κ1) is 11.2. The van der Waals surface area contributed by atoms with Crippen LogP contribution in [-0.2, 0) is 0 Å². The van der Waals surface area contributed by atoms with Gasteiger partial charge in [0, 0.05) is 4.47 Å². The van der Waals surface area contributed by atoms with E-state index in [9.17, 15) is 9.18 Å². The normalized spacial score (nSPS) is 9.93. The van der Waals surface area contributed by atoms with Crippen molar-refractivity contribution >= 4 is 22.2 Å². The summed E-state index contributed by atoms with van der Waals surface area (Å²) in [4.78, 5) is 10.6. The maximum absolute atomic E-state index is 13.3. The summed E-state index contributed by atoms with van der Waals surface area (Å²) < 4.78 is 19.0. The highest BCUT2D eigenvalue weighted by Gasteiger charge is 2.10. The van der Waals surface area contributed by atoms with Crippen molar-refractivity contribution in [3.05, 3.63) is 28.0 Å². The van der Waals surface area contributed by atoms with E-state index >= 15 is 0 Å². The predicted octanol–water partition coefficient (Wildman–Crippen LogP) is 3.19. The molecule has 1 rings (SSSR count). The molecule has 4 heteroatoms. The van der Waals surface area contributed by atoms with Gasteiger partial charge in [-0.3, -0.25) is 4.79 Å². The van der Waals surface area contributed by atoms with Crippen LogP contribution in [-0.4, -0.2) is 12.9 Å². The maximum Gasteiger partial charge on any atom is 0.166 e. The minimum Gasteiger partial charge on any atom is -0.490 e. The van der Waals surface area contributed by atoms with Crippen molar-refractivity contribution < 1.29 is 13.9 Å². The molecule has 0 heterocycles. The molecule has 0 aliphatic carbocycles. The van der Waals surface area contributed by atoms with E-state index in [0.29, 0.717) is 17.4 Å². The van der Waals surface area contributed by atoms with Gasteiger partial charge in [-0.2, -0.15) is 0 Å². The zero-order chi connectivity index (χ0) is 10.6. The summed E-state index contributed by atoms with van der Waals surface area (Å²) in [5, 5.41) is 0. The van der Waals surface area contributed by atoms with Gasteiger partial charge in [-0.15, -0.1) is 0 Å². The van der Waals surface area contributed by atoms with Crippen LogP contribution in [0.5, 0.6) is 5.75 Å². The van der Waals surface area contributed by atoms with E-state index in [1.807, 2.05) is 6.92 Å². The zero-order valence-corrected chi connectivity index (χ0v) is 9.30. The van der Waals surface area contributed by atoms with Crippen molar-refractivity contribution in [2.45, 2.75) is 13.3 Å². The van der Waals surface area contributed by atoms with E-state index in [1.165, 1.54) is 12.1 Å². The van der Waals surface area contributed by atoms with Gasteiger partial charge < -0.3 is 4.74 Å². The number of hydrogen-bond acceptors (Lipinski definition) is 2. The molecule has 0 radical (unpaired) electrons. The SMILES string of the molecule is CCCOc1c(F)cc(Br)cc1C=O. The van der Waals surface area contributed by atoms with Gasteiger partial charge in [0.15, 0.2) is 17.9 Å². The number of ether oxygens (including phenoxy) is 1. The van der Waals surface area contributed by atoms with Gasteiger partial charge in [0.05, 0.1) is 12.2 Å². The highest BCUT2D eigenvalue weighted by atomic mass is 79.9. The summed E-state index contributed by atoms with van der Waals surface area (Å²) in [7, 11) is 0. The van der Waals surface area contributed by atoms with Gasteiger partial charge >= 0.3 is 0 Å². The van der Waals surface area contributed by atoms with Crippen molar-refractivity contribution in [2.75, 3.05) is 6.61 Å². The van der Waals surface area contributed by atoms with Crippen molar-refractivity contribution in [1.82, 2.24) is 0 Å². The second kappa shape index (κ2) is 5.10. The molecule has 0 N–H and O–H groups in total. The Hall–Kier alpha value is -0.900. The summed E-state index contributed by atoms with van der Waals surface area (Å²) >= 11 is 3.10. The van der Waals surface area contributed by atoms with E-state index in [-0.39, 0.29) is 11.3 Å². The molecule has 2 nitrogen and oxygen atoms in total. The van der Waals surface area contributed by atoms with Crippen LogP contribution in [0.2, 0.25) is 0 Å². The predicted molar refractivity (Wildman–Crippen MR) is 55.3 cm³/mol. The average Bonchev–Trinajstić information content (AvgIpc) is 2.15. The molecule has 0 saturated heterocycles. The Morgan fingerprint density at radius 1 is 1.57 bits per heavy atom. The van der Waals surface area contributed by atoms with Gasteiger partial charge in [0.25, 0.3) is 0 Å². The third-order valence-electron chi connectivity index (χ3n) is 1.61. The minimum atomic E-state index is -0.519. The largest absolute Gasteiger partial charge is 0.490 e. The summed E-state index contributed by atoms with van der Waals surface area (Å²) in [6, 6.07) is 2.80. The fraction of sp³-hybridized carbons (Fsp3) is 0.300. The topological polar surface area (TPSA) is 26.3 Å². The lowest BCUT2D eigenvalue weighted by atomic mass is 10.2. The van der Waals surface area contributed by atoms with Crippen LogP contribution in [0.1, 0.15) is 23.7 Å². The third kappa shape index (κ3) is 2.54. The minimum absolute atomic E-state index is 0.0325. The first-order valence-electron chi connectivity index (χ1n) is 4.26. The molecule has 0 saturated carbocycles. The summed E-state index contributed by atoms with van der Waals surface area (Å²) in [5.41, 5.74) is 0.227. The summed E-state index contributed by atoms with van der Waals surface area (Å²) in [6.45, 7) is 2.32. The highest BCUT2D eigenvalue weighted by molar-refractivity contribution is 9.10. The average molecular weight is 261 g/mol. The quantitative estimate of drug-likeness (QED) is 0.778. The number of benzene rings is 1. The molecule has 1 aromatic rings. The summed E-state index contributed by atoms with van der Waals surface area (Å²) in [6.07, 6.45) is 1.35. The highest BCUT2D eigenvalue weighted by Crippen LogP contribution is 2.26. The molecule has 0 spiro atoms. The van der Waals surface area contributed by atoms with Gasteiger partial charge in [-0.1, -0.05) is 22.9 Å². The lowest BCUT2D eigenvalue weighted by Crippen LogP contribution is -2.01. The molecule has 0 atom stereocenters. The standard InChI is InChI=1S/C10H10BrFO2/c1-2-3-14-10-7(6-13)4-8(11)5-9(10)12/h4-6H,2-3H2,1H3. The number of aldehydes is 1. The van der Waals surface area contributed by atoms with Crippen molar-refractivity contribution in [1.29, 1.82) is 0 Å². The van der Waals surface area contributed by atoms with E-state index in [1.54, 1.807) is 0 Å². The van der Waals surface area contributed by atoms with Crippen LogP contribution >= 0.6 is 15.9 Å². The molecule has 0 aliphatic rings. The van der Waals surface area contributed by atoms with Crippen molar-refractivity contribution in [2.24, 2.45) is 0 Å². The fourth-order valence-electron chi connectivity index (χ4n) is 1.02. The number of carbonyl (C=O) groups excluding carboxylic acids is 1. The second-order valence-corrected chi connectivity index (χ2v) is 3.69. The Morgan fingerprint density at radius 3 is 2.86 bits per heavy atom. The Kier molecular flexibility index (Phi) is 4.07. The third-order valence-corrected chi connectivity index (χ3v) is 2.07. The zero-order valence-electron chi connectivity index (χ0n) is 7.72. The Labute approximate surface area is 90.2 Å². The Balaban J connectivity index is 3.05. The summed E-state index contributed by atoms with van der Waals surface area (Å²) in [5.74, 6) is -0.486. The lowest BCUT2D eigenvalue weighted by Gasteiger charge is -2.08. The number of carbonyl (C=O) groups is 1. The molecule has 14 heavy (non-hydrogen) atoms. The van der Waals surface area contributed by atoms with Crippen LogP contribution in [0.25, 0.3) is 0 Å². The molecular weight excluding hydrogens is 251 g/mol. The van der Waals surface area contributed by atoms with Gasteiger partial charge in [-0.25, -0.2) is 4.39 Å². The van der Waals surface area contributed by atoms with E-state index in [4.69, 9.17) is 4.74 Å². The number of hydrogen-bond donors (Lipinski definition) is 0. The Bertz CT molecular complexity index is 339. The molecule has 0 unspecified atom stereocenters. The van der Waals surface area contributed by atoms with Crippen LogP contribution < -0.4 is 4.74 Å². The fourth-order valence-corrected chi connectivity index (χ4v) is 1.47. The van der Waals surface area contributed by atoms with Crippen LogP contribution in [0.4, 0.5) is 4.39 Å². The number of rotatable bonds is 4. The molecule has 0 aromatic heterocycles. The van der Waals surface area contributed by atoms with E-state index in [0.717, 1.165) is 6.42 Å². The lowest BCUT2D eigenvalue weighted by molar-refractivity contribution is 0.111. The molecule has 0 fully saturated rings. The van der Waals surface area contributed by atoms with Crippen LogP contribution in [0.15, 0.2) is 16.6 Å².